The number of nitrogens with one attached hydrogen (secondary N) is 2. The van der Waals surface area contributed by atoms with Gasteiger partial charge in [-0.05, 0) is 46.5 Å². The molecule has 4 N–H and O–H groups in total. The zero-order chi connectivity index (χ0) is 15.2. The number of carbonyl (C=O) groups is 2. The zero-order valence-electron chi connectivity index (χ0n) is 12.7. The van der Waals surface area contributed by atoms with Crippen LogP contribution in [0.3, 0.4) is 0 Å². The molecule has 1 saturated carbocycles. The van der Waals surface area contributed by atoms with E-state index in [0.29, 0.717) is 19.1 Å². The highest BCUT2D eigenvalue weighted by Gasteiger charge is 2.24. The lowest BCUT2D eigenvalue weighted by Crippen LogP contribution is -2.41. The summed E-state index contributed by atoms with van der Waals surface area (Å²) < 4.78 is 5.14. The first-order valence-electron chi connectivity index (χ1n) is 7.27. The summed E-state index contributed by atoms with van der Waals surface area (Å²) in [4.78, 5) is 22.5. The molecule has 1 aliphatic carbocycles. The first-order chi connectivity index (χ1) is 9.28. The molecule has 0 unspecified atom stereocenters. The Morgan fingerprint density at radius 3 is 2.25 bits per heavy atom. The molecule has 0 aromatic rings. The van der Waals surface area contributed by atoms with Crippen LogP contribution in [0.4, 0.5) is 4.79 Å². The fourth-order valence-corrected chi connectivity index (χ4v) is 2.34. The second kappa shape index (κ2) is 7.47. The molecule has 0 aromatic heterocycles. The highest BCUT2D eigenvalue weighted by molar-refractivity contribution is 5.76. The SMILES string of the molecule is CC(C)(C)OC(=O)NCCNC1CCC(C(N)=O)CC1. The van der Waals surface area contributed by atoms with Gasteiger partial charge in [-0.3, -0.25) is 4.79 Å². The van der Waals surface area contributed by atoms with E-state index < -0.39 is 11.7 Å². The molecule has 0 spiro atoms. The molecular formula is C14H27N3O3. The molecule has 0 radical (unpaired) electrons. The van der Waals surface area contributed by atoms with Crippen molar-refractivity contribution < 1.29 is 14.3 Å². The number of hydrogen-bond acceptors (Lipinski definition) is 4. The Kier molecular flexibility index (Phi) is 6.26. The molecule has 2 amide bonds. The summed E-state index contributed by atoms with van der Waals surface area (Å²) in [5.74, 6) is -0.150. The fraction of sp³-hybridized carbons (Fsp3) is 0.857. The van der Waals surface area contributed by atoms with Gasteiger partial charge < -0.3 is 21.1 Å². The summed E-state index contributed by atoms with van der Waals surface area (Å²) in [6.45, 7) is 6.74. The van der Waals surface area contributed by atoms with Gasteiger partial charge in [0.2, 0.25) is 5.91 Å². The van der Waals surface area contributed by atoms with Crippen molar-refractivity contribution in [2.24, 2.45) is 11.7 Å². The Balaban J connectivity index is 2.08. The molecule has 116 valence electrons. The van der Waals surface area contributed by atoms with E-state index in [1.165, 1.54) is 0 Å². The van der Waals surface area contributed by atoms with Crippen molar-refractivity contribution >= 4 is 12.0 Å². The number of alkyl carbamates (subject to hydrolysis) is 1. The Morgan fingerprint density at radius 2 is 1.75 bits per heavy atom. The topological polar surface area (TPSA) is 93.4 Å². The number of carbonyl (C=O) groups excluding carboxylic acids is 2. The minimum absolute atomic E-state index is 0.0351. The molecule has 1 aliphatic rings. The van der Waals surface area contributed by atoms with Crippen LogP contribution in [0.5, 0.6) is 0 Å². The Hall–Kier alpha value is -1.30. The molecule has 0 bridgehead atoms. The van der Waals surface area contributed by atoms with E-state index in [1.807, 2.05) is 20.8 Å². The Morgan fingerprint density at radius 1 is 1.15 bits per heavy atom. The summed E-state index contributed by atoms with van der Waals surface area (Å²) in [6.07, 6.45) is 3.23. The average Bonchev–Trinajstić information content (AvgIpc) is 2.33. The maximum Gasteiger partial charge on any atom is 0.407 e. The van der Waals surface area contributed by atoms with Gasteiger partial charge in [-0.15, -0.1) is 0 Å². The second-order valence-corrected chi connectivity index (χ2v) is 6.33. The van der Waals surface area contributed by atoms with E-state index in [1.54, 1.807) is 0 Å². The van der Waals surface area contributed by atoms with Crippen LogP contribution in [0.25, 0.3) is 0 Å². The first-order valence-corrected chi connectivity index (χ1v) is 7.27. The average molecular weight is 285 g/mol. The molecule has 6 heteroatoms. The minimum Gasteiger partial charge on any atom is -0.444 e. The molecule has 0 saturated heterocycles. The summed E-state index contributed by atoms with van der Waals surface area (Å²) in [6, 6.07) is 0.408. The Bertz CT molecular complexity index is 331. The van der Waals surface area contributed by atoms with Gasteiger partial charge >= 0.3 is 6.09 Å². The lowest BCUT2D eigenvalue weighted by Gasteiger charge is -2.27. The van der Waals surface area contributed by atoms with Gasteiger partial charge in [0.25, 0.3) is 0 Å². The third-order valence-corrected chi connectivity index (χ3v) is 3.36. The van der Waals surface area contributed by atoms with E-state index in [2.05, 4.69) is 10.6 Å². The van der Waals surface area contributed by atoms with Crippen molar-refractivity contribution in [2.45, 2.75) is 58.1 Å². The van der Waals surface area contributed by atoms with Gasteiger partial charge in [0.05, 0.1) is 0 Å². The van der Waals surface area contributed by atoms with Crippen LogP contribution < -0.4 is 16.4 Å². The van der Waals surface area contributed by atoms with Crippen LogP contribution >= 0.6 is 0 Å². The number of primary amides is 1. The molecule has 0 aliphatic heterocycles. The number of hydrogen-bond donors (Lipinski definition) is 3. The van der Waals surface area contributed by atoms with Crippen molar-refractivity contribution in [1.82, 2.24) is 10.6 Å². The van der Waals surface area contributed by atoms with Gasteiger partial charge in [0.15, 0.2) is 0 Å². The molecule has 1 rings (SSSR count). The van der Waals surface area contributed by atoms with E-state index in [-0.39, 0.29) is 11.8 Å². The molecule has 0 aromatic carbocycles. The molecule has 6 nitrogen and oxygen atoms in total. The maximum absolute atomic E-state index is 11.4. The van der Waals surface area contributed by atoms with Crippen LogP contribution in [-0.2, 0) is 9.53 Å². The maximum atomic E-state index is 11.4. The van der Waals surface area contributed by atoms with Crippen LogP contribution in [0.1, 0.15) is 46.5 Å². The smallest absolute Gasteiger partial charge is 0.407 e. The lowest BCUT2D eigenvalue weighted by molar-refractivity contribution is -0.122. The summed E-state index contributed by atoms with van der Waals surface area (Å²) in [5, 5.41) is 6.08. The van der Waals surface area contributed by atoms with Gasteiger partial charge in [-0.2, -0.15) is 0 Å². The predicted molar refractivity (Wildman–Crippen MR) is 77.2 cm³/mol. The number of amides is 2. The van der Waals surface area contributed by atoms with Crippen molar-refractivity contribution in [3.63, 3.8) is 0 Å². The van der Waals surface area contributed by atoms with Gasteiger partial charge in [0.1, 0.15) is 5.60 Å². The van der Waals surface area contributed by atoms with E-state index in [9.17, 15) is 9.59 Å². The van der Waals surface area contributed by atoms with E-state index in [0.717, 1.165) is 25.7 Å². The number of rotatable bonds is 5. The largest absolute Gasteiger partial charge is 0.444 e. The molecule has 0 atom stereocenters. The fourth-order valence-electron chi connectivity index (χ4n) is 2.34. The highest BCUT2D eigenvalue weighted by Crippen LogP contribution is 2.23. The van der Waals surface area contributed by atoms with E-state index in [4.69, 9.17) is 10.5 Å². The second-order valence-electron chi connectivity index (χ2n) is 6.33. The summed E-state index contributed by atoms with van der Waals surface area (Å²) in [5.41, 5.74) is 4.83. The molecule has 0 heterocycles. The van der Waals surface area contributed by atoms with Gasteiger partial charge in [-0.1, -0.05) is 0 Å². The zero-order valence-corrected chi connectivity index (χ0v) is 12.7. The van der Waals surface area contributed by atoms with Crippen molar-refractivity contribution in [3.8, 4) is 0 Å². The number of ether oxygens (including phenoxy) is 1. The molecule has 20 heavy (non-hydrogen) atoms. The quantitative estimate of drug-likeness (QED) is 0.660. The Labute approximate surface area is 120 Å². The van der Waals surface area contributed by atoms with Crippen LogP contribution in [0, 0.1) is 5.92 Å². The van der Waals surface area contributed by atoms with Crippen LogP contribution in [0.15, 0.2) is 0 Å². The standard InChI is InChI=1S/C14H27N3O3/c1-14(2,3)20-13(19)17-9-8-16-11-6-4-10(5-7-11)12(15)18/h10-11,16H,4-9H2,1-3H3,(H2,15,18)(H,17,19). The third-order valence-electron chi connectivity index (χ3n) is 3.36. The van der Waals surface area contributed by atoms with E-state index >= 15 is 0 Å². The van der Waals surface area contributed by atoms with Crippen LogP contribution in [-0.4, -0.2) is 36.7 Å². The third kappa shape index (κ3) is 6.75. The van der Waals surface area contributed by atoms with Crippen molar-refractivity contribution in [3.05, 3.63) is 0 Å². The normalized spacial score (nSPS) is 23.1. The van der Waals surface area contributed by atoms with Crippen LogP contribution in [0.2, 0.25) is 0 Å². The molecular weight excluding hydrogens is 258 g/mol. The van der Waals surface area contributed by atoms with Gasteiger partial charge in [0, 0.05) is 25.0 Å². The van der Waals surface area contributed by atoms with Gasteiger partial charge in [-0.25, -0.2) is 4.79 Å². The molecule has 1 fully saturated rings. The lowest BCUT2D eigenvalue weighted by atomic mass is 9.85. The predicted octanol–water partition coefficient (Wildman–Crippen LogP) is 1.14. The summed E-state index contributed by atoms with van der Waals surface area (Å²) >= 11 is 0. The highest BCUT2D eigenvalue weighted by atomic mass is 16.6. The first kappa shape index (κ1) is 16.8. The minimum atomic E-state index is -0.468. The van der Waals surface area contributed by atoms with Crippen molar-refractivity contribution in [1.29, 1.82) is 0 Å². The number of nitrogens with two attached hydrogens (primary N) is 1. The van der Waals surface area contributed by atoms with Crippen molar-refractivity contribution in [2.75, 3.05) is 13.1 Å². The summed E-state index contributed by atoms with van der Waals surface area (Å²) in [7, 11) is 0. The monoisotopic (exact) mass is 285 g/mol.